The number of alkyl carbamates (subject to hydrolysis) is 1. The van der Waals surface area contributed by atoms with Crippen molar-refractivity contribution in [3.05, 3.63) is 20.8 Å². The van der Waals surface area contributed by atoms with Crippen LogP contribution >= 0.6 is 27.3 Å². The Morgan fingerprint density at radius 1 is 1.48 bits per heavy atom. The van der Waals surface area contributed by atoms with Crippen LogP contribution in [-0.2, 0) is 11.2 Å². The average molecular weight is 431 g/mol. The number of likely N-dealkylation sites (tertiary alicyclic amines) is 1. The maximum atomic E-state index is 11.9. The fourth-order valence-electron chi connectivity index (χ4n) is 2.66. The number of hydrogen-bond acceptors (Lipinski definition) is 4. The molecule has 0 aromatic carbocycles. The second-order valence-corrected chi connectivity index (χ2v) is 9.56. The van der Waals surface area contributed by atoms with Gasteiger partial charge in [-0.05, 0) is 61.7 Å². The van der Waals surface area contributed by atoms with Gasteiger partial charge in [-0.15, -0.1) is 11.3 Å². The van der Waals surface area contributed by atoms with Crippen molar-refractivity contribution in [3.8, 4) is 0 Å². The van der Waals surface area contributed by atoms with E-state index in [2.05, 4.69) is 48.6 Å². The number of nitrogens with one attached hydrogen (secondary N) is 2. The first kappa shape index (κ1) is 20.0. The molecule has 140 valence electrons. The molecule has 1 aliphatic rings. The van der Waals surface area contributed by atoms with E-state index in [1.54, 1.807) is 18.4 Å². The molecule has 1 aliphatic heterocycles. The van der Waals surface area contributed by atoms with Crippen LogP contribution in [0.1, 0.15) is 32.1 Å². The van der Waals surface area contributed by atoms with Crippen LogP contribution in [0.15, 0.2) is 20.9 Å². The number of hydrogen-bond donors (Lipinski definition) is 2. The molecule has 2 heterocycles. The standard InChI is InChI=1S/C17H27BrN4O2S/c1-17(2,3)24-16(23)21-12-8-10-22(11-12)15(19-4)20-9-7-13-5-6-14(18)25-13/h5-6,12H,7-11H2,1-4H3,(H,19,20)(H,21,23). The number of thiophene rings is 1. The van der Waals surface area contributed by atoms with E-state index in [0.717, 1.165) is 42.2 Å². The lowest BCUT2D eigenvalue weighted by atomic mass is 10.2. The third-order valence-corrected chi connectivity index (χ3v) is 5.39. The third kappa shape index (κ3) is 6.86. The van der Waals surface area contributed by atoms with Gasteiger partial charge in [0.05, 0.1) is 9.83 Å². The highest BCUT2D eigenvalue weighted by Gasteiger charge is 2.27. The molecule has 0 radical (unpaired) electrons. The minimum absolute atomic E-state index is 0.0849. The number of amides is 1. The fraction of sp³-hybridized carbons (Fsp3) is 0.647. The molecule has 1 atom stereocenters. The van der Waals surface area contributed by atoms with E-state index in [0.29, 0.717) is 0 Å². The van der Waals surface area contributed by atoms with Crippen molar-refractivity contribution in [2.45, 2.75) is 45.3 Å². The van der Waals surface area contributed by atoms with E-state index in [1.165, 1.54) is 4.88 Å². The lowest BCUT2D eigenvalue weighted by Crippen LogP contribution is -2.44. The highest BCUT2D eigenvalue weighted by atomic mass is 79.9. The van der Waals surface area contributed by atoms with Gasteiger partial charge >= 0.3 is 6.09 Å². The molecule has 8 heteroatoms. The van der Waals surface area contributed by atoms with E-state index in [4.69, 9.17) is 4.74 Å². The van der Waals surface area contributed by atoms with Gasteiger partial charge in [-0.1, -0.05) is 0 Å². The van der Waals surface area contributed by atoms with Gasteiger partial charge < -0.3 is 20.3 Å². The number of carbonyl (C=O) groups excluding carboxylic acids is 1. The second-order valence-electron chi connectivity index (χ2n) is 7.01. The normalized spacial score (nSPS) is 18.4. The molecule has 0 saturated carbocycles. The Hall–Kier alpha value is -1.28. The van der Waals surface area contributed by atoms with Crippen molar-refractivity contribution in [2.24, 2.45) is 4.99 Å². The summed E-state index contributed by atoms with van der Waals surface area (Å²) in [5.74, 6) is 0.879. The fourth-order valence-corrected chi connectivity index (χ4v) is 4.14. The largest absolute Gasteiger partial charge is 0.444 e. The number of carbonyl (C=O) groups is 1. The first-order valence-electron chi connectivity index (χ1n) is 8.46. The molecule has 25 heavy (non-hydrogen) atoms. The molecular formula is C17H27BrN4O2S. The SMILES string of the molecule is CN=C(NCCc1ccc(Br)s1)N1CCC(NC(=O)OC(C)(C)C)C1. The molecule has 2 rings (SSSR count). The maximum Gasteiger partial charge on any atom is 0.407 e. The monoisotopic (exact) mass is 430 g/mol. The molecule has 1 aromatic heterocycles. The summed E-state index contributed by atoms with van der Waals surface area (Å²) in [6.45, 7) is 8.04. The van der Waals surface area contributed by atoms with Crippen LogP contribution in [0.25, 0.3) is 0 Å². The number of rotatable bonds is 4. The van der Waals surface area contributed by atoms with Crippen LogP contribution in [0.4, 0.5) is 4.79 Å². The Kier molecular flexibility index (Phi) is 7.13. The predicted octanol–water partition coefficient (Wildman–Crippen LogP) is 3.23. The van der Waals surface area contributed by atoms with Gasteiger partial charge in [0.25, 0.3) is 0 Å². The van der Waals surface area contributed by atoms with Crippen molar-refractivity contribution in [1.29, 1.82) is 0 Å². The number of guanidine groups is 1. The summed E-state index contributed by atoms with van der Waals surface area (Å²) in [4.78, 5) is 19.8. The van der Waals surface area contributed by atoms with E-state index in [-0.39, 0.29) is 12.1 Å². The summed E-state index contributed by atoms with van der Waals surface area (Å²) in [6, 6.07) is 4.29. The molecule has 1 aromatic rings. The summed E-state index contributed by atoms with van der Waals surface area (Å²) in [6.07, 6.45) is 1.49. The van der Waals surface area contributed by atoms with Gasteiger partial charge in [-0.2, -0.15) is 0 Å². The van der Waals surface area contributed by atoms with Crippen LogP contribution in [0.2, 0.25) is 0 Å². The summed E-state index contributed by atoms with van der Waals surface area (Å²) in [5, 5.41) is 6.34. The Bertz CT molecular complexity index is 612. The maximum absolute atomic E-state index is 11.9. The van der Waals surface area contributed by atoms with Gasteiger partial charge in [-0.25, -0.2) is 4.79 Å². The minimum Gasteiger partial charge on any atom is -0.444 e. The summed E-state index contributed by atoms with van der Waals surface area (Å²) in [7, 11) is 1.79. The molecule has 6 nitrogen and oxygen atoms in total. The van der Waals surface area contributed by atoms with Crippen molar-refractivity contribution in [2.75, 3.05) is 26.7 Å². The van der Waals surface area contributed by atoms with Gasteiger partial charge in [0, 0.05) is 31.6 Å². The van der Waals surface area contributed by atoms with Crippen LogP contribution in [-0.4, -0.2) is 55.3 Å². The first-order valence-corrected chi connectivity index (χ1v) is 10.1. The van der Waals surface area contributed by atoms with E-state index < -0.39 is 5.60 Å². The Labute approximate surface area is 162 Å². The highest BCUT2D eigenvalue weighted by molar-refractivity contribution is 9.11. The van der Waals surface area contributed by atoms with Gasteiger partial charge in [0.2, 0.25) is 0 Å². The Morgan fingerprint density at radius 2 is 2.24 bits per heavy atom. The van der Waals surface area contributed by atoms with E-state index in [9.17, 15) is 4.79 Å². The molecule has 1 fully saturated rings. The van der Waals surface area contributed by atoms with Crippen LogP contribution in [0.5, 0.6) is 0 Å². The van der Waals surface area contributed by atoms with Crippen molar-refractivity contribution in [1.82, 2.24) is 15.5 Å². The summed E-state index contributed by atoms with van der Waals surface area (Å²) < 4.78 is 6.48. The summed E-state index contributed by atoms with van der Waals surface area (Å²) in [5.41, 5.74) is -0.475. The number of aliphatic imine (C=N–C) groups is 1. The third-order valence-electron chi connectivity index (χ3n) is 3.70. The molecule has 1 saturated heterocycles. The predicted molar refractivity (Wildman–Crippen MR) is 106 cm³/mol. The van der Waals surface area contributed by atoms with Crippen molar-refractivity contribution >= 4 is 39.3 Å². The Morgan fingerprint density at radius 3 is 2.84 bits per heavy atom. The zero-order chi connectivity index (χ0) is 18.4. The Balaban J connectivity index is 1.75. The second kappa shape index (κ2) is 8.89. The number of halogens is 1. The van der Waals surface area contributed by atoms with Gasteiger partial charge in [0.1, 0.15) is 5.60 Å². The highest BCUT2D eigenvalue weighted by Crippen LogP contribution is 2.22. The first-order chi connectivity index (χ1) is 11.8. The number of ether oxygens (including phenoxy) is 1. The molecule has 1 amide bonds. The number of nitrogens with zero attached hydrogens (tertiary/aromatic N) is 2. The van der Waals surface area contributed by atoms with Crippen LogP contribution < -0.4 is 10.6 Å². The zero-order valence-corrected chi connectivity index (χ0v) is 17.7. The lowest BCUT2D eigenvalue weighted by molar-refractivity contribution is 0.0507. The lowest BCUT2D eigenvalue weighted by Gasteiger charge is -2.23. The molecule has 0 spiro atoms. The molecule has 1 unspecified atom stereocenters. The molecule has 0 aliphatic carbocycles. The smallest absolute Gasteiger partial charge is 0.407 e. The van der Waals surface area contributed by atoms with Gasteiger partial charge in [0.15, 0.2) is 5.96 Å². The van der Waals surface area contributed by atoms with E-state index in [1.807, 2.05) is 20.8 Å². The average Bonchev–Trinajstić information content (AvgIpc) is 3.11. The van der Waals surface area contributed by atoms with Gasteiger partial charge in [-0.3, -0.25) is 4.99 Å². The van der Waals surface area contributed by atoms with Crippen molar-refractivity contribution in [3.63, 3.8) is 0 Å². The summed E-state index contributed by atoms with van der Waals surface area (Å²) >= 11 is 5.24. The quantitative estimate of drug-likeness (QED) is 0.568. The van der Waals surface area contributed by atoms with Crippen molar-refractivity contribution < 1.29 is 9.53 Å². The van der Waals surface area contributed by atoms with E-state index >= 15 is 0 Å². The minimum atomic E-state index is -0.475. The molecule has 0 bridgehead atoms. The topological polar surface area (TPSA) is 66.0 Å². The zero-order valence-electron chi connectivity index (χ0n) is 15.3. The molecular weight excluding hydrogens is 404 g/mol. The van der Waals surface area contributed by atoms with Crippen LogP contribution in [0.3, 0.4) is 0 Å². The van der Waals surface area contributed by atoms with Crippen LogP contribution in [0, 0.1) is 0 Å². The molecule has 2 N–H and O–H groups in total.